The van der Waals surface area contributed by atoms with E-state index in [1.807, 2.05) is 0 Å². The number of allylic oxidation sites excluding steroid dienone is 2. The van der Waals surface area contributed by atoms with Crippen molar-refractivity contribution in [2.75, 3.05) is 26.2 Å². The molecule has 0 aliphatic carbocycles. The van der Waals surface area contributed by atoms with E-state index in [1.165, 1.54) is 12.2 Å². The lowest BCUT2D eigenvalue weighted by atomic mass is 9.97. The summed E-state index contributed by atoms with van der Waals surface area (Å²) in [7, 11) is 0. The van der Waals surface area contributed by atoms with Gasteiger partial charge in [0.15, 0.2) is 5.60 Å². The van der Waals surface area contributed by atoms with Crippen LogP contribution in [0.3, 0.4) is 0 Å². The second kappa shape index (κ2) is 24.1. The van der Waals surface area contributed by atoms with Crippen LogP contribution in [0.25, 0.3) is 0 Å². The molecule has 0 aromatic carbocycles. The lowest BCUT2D eigenvalue weighted by Crippen LogP contribution is -2.44. The van der Waals surface area contributed by atoms with E-state index in [1.54, 1.807) is 12.2 Å². The fraction of sp³-hybridized carbons (Fsp3) is 0.735. The molecule has 1 saturated heterocycles. The van der Waals surface area contributed by atoms with Crippen molar-refractivity contribution in [3.05, 3.63) is 24.3 Å². The predicted octanol–water partition coefficient (Wildman–Crippen LogP) is 4.81. The highest BCUT2D eigenvalue weighted by atomic mass is 16.5. The van der Waals surface area contributed by atoms with E-state index in [-0.39, 0.29) is 19.6 Å². The number of hydrogen-bond acceptors (Lipinski definition) is 8. The molecule has 0 radical (unpaired) electrons. The van der Waals surface area contributed by atoms with Crippen molar-refractivity contribution in [2.45, 2.75) is 135 Å². The lowest BCUT2D eigenvalue weighted by molar-refractivity contribution is -0.159. The van der Waals surface area contributed by atoms with Crippen molar-refractivity contribution in [3.63, 3.8) is 0 Å². The molecule has 262 valence electrons. The van der Waals surface area contributed by atoms with Crippen LogP contribution >= 0.6 is 0 Å². The molecule has 46 heavy (non-hydrogen) atoms. The van der Waals surface area contributed by atoms with Crippen LogP contribution in [-0.2, 0) is 24.0 Å². The number of nitrogens with zero attached hydrogens (tertiary/aromatic N) is 3. The Balaban J connectivity index is 2.21. The summed E-state index contributed by atoms with van der Waals surface area (Å²) in [5.41, 5.74) is -2.05. The first-order valence-electron chi connectivity index (χ1n) is 17.2. The summed E-state index contributed by atoms with van der Waals surface area (Å²) in [6, 6.07) is 0. The summed E-state index contributed by atoms with van der Waals surface area (Å²) in [5.74, 6) is -2.66. The first kappa shape index (κ1) is 40.9. The molecule has 0 aromatic rings. The largest absolute Gasteiger partial charge is 0.379 e. The van der Waals surface area contributed by atoms with Crippen molar-refractivity contribution in [1.29, 1.82) is 0 Å². The SMILES string of the molecule is CCCCC/C=C/C(=O)N(O)CCCCCCNC(=O)CC1(O)CC(=O)N(CCCCCCN(O)C(=O)/C=C/CCCCC)C1=O. The van der Waals surface area contributed by atoms with E-state index in [0.717, 1.165) is 69.1 Å². The van der Waals surface area contributed by atoms with Gasteiger partial charge in [0.25, 0.3) is 17.7 Å². The van der Waals surface area contributed by atoms with E-state index < -0.39 is 48.0 Å². The summed E-state index contributed by atoms with van der Waals surface area (Å²) >= 11 is 0. The zero-order chi connectivity index (χ0) is 34.2. The predicted molar refractivity (Wildman–Crippen MR) is 174 cm³/mol. The third-order valence-corrected chi connectivity index (χ3v) is 7.94. The first-order valence-corrected chi connectivity index (χ1v) is 17.2. The van der Waals surface area contributed by atoms with Gasteiger partial charge in [-0.05, 0) is 51.4 Å². The lowest BCUT2D eigenvalue weighted by Gasteiger charge is -2.20. The standard InChI is InChI=1S/C34H58N4O8/c1-3-5-7-9-15-21-30(40)37(45)25-19-12-11-17-23-35-29(39)27-34(44)28-32(42)36(33(34)43)24-18-13-14-20-26-38(46)31(41)22-16-10-8-6-4-2/h15-16,21-22,44-46H,3-14,17-20,23-28H2,1-2H3,(H,35,39)/b21-15+,22-16+. The molecule has 1 fully saturated rings. The smallest absolute Gasteiger partial charge is 0.269 e. The number of carbonyl (C=O) groups excluding carboxylic acids is 5. The number of rotatable bonds is 26. The molecule has 1 aliphatic heterocycles. The van der Waals surface area contributed by atoms with Crippen LogP contribution in [0.4, 0.5) is 0 Å². The highest BCUT2D eigenvalue weighted by molar-refractivity contribution is 6.09. The molecular formula is C34H58N4O8. The normalized spacial score (nSPS) is 16.6. The van der Waals surface area contributed by atoms with Gasteiger partial charge in [-0.3, -0.25) is 39.3 Å². The maximum atomic E-state index is 12.8. The average Bonchev–Trinajstić information content (AvgIpc) is 3.23. The second-order valence-corrected chi connectivity index (χ2v) is 12.1. The van der Waals surface area contributed by atoms with E-state index in [2.05, 4.69) is 19.2 Å². The monoisotopic (exact) mass is 650 g/mol. The third kappa shape index (κ3) is 17.0. The number of unbranched alkanes of at least 4 members (excludes halogenated alkanes) is 12. The van der Waals surface area contributed by atoms with Gasteiger partial charge in [0, 0.05) is 38.3 Å². The van der Waals surface area contributed by atoms with Crippen LogP contribution in [0, 0.1) is 0 Å². The zero-order valence-electron chi connectivity index (χ0n) is 28.1. The van der Waals surface area contributed by atoms with Crippen molar-refractivity contribution >= 4 is 29.5 Å². The molecule has 0 aromatic heterocycles. The minimum absolute atomic E-state index is 0.135. The van der Waals surface area contributed by atoms with Crippen molar-refractivity contribution < 1.29 is 39.5 Å². The Labute approximate surface area is 274 Å². The maximum absolute atomic E-state index is 12.8. The van der Waals surface area contributed by atoms with E-state index >= 15 is 0 Å². The third-order valence-electron chi connectivity index (χ3n) is 7.94. The maximum Gasteiger partial charge on any atom is 0.269 e. The Morgan fingerprint density at radius 2 is 1.26 bits per heavy atom. The zero-order valence-corrected chi connectivity index (χ0v) is 28.1. The molecule has 1 rings (SSSR count). The van der Waals surface area contributed by atoms with Crippen LogP contribution in [0.2, 0.25) is 0 Å². The first-order chi connectivity index (χ1) is 22.1. The van der Waals surface area contributed by atoms with Gasteiger partial charge < -0.3 is 10.4 Å². The fourth-order valence-corrected chi connectivity index (χ4v) is 5.12. The molecule has 0 bridgehead atoms. The Bertz CT molecular complexity index is 1000. The minimum Gasteiger partial charge on any atom is -0.379 e. The number of likely N-dealkylation sites (tertiary alicyclic amines) is 1. The summed E-state index contributed by atoms with van der Waals surface area (Å²) < 4.78 is 0. The Hall–Kier alpha value is -3.09. The number of hydrogen-bond donors (Lipinski definition) is 4. The average molecular weight is 651 g/mol. The Kier molecular flexibility index (Phi) is 21.5. The summed E-state index contributed by atoms with van der Waals surface area (Å²) in [5, 5.41) is 34.6. The van der Waals surface area contributed by atoms with Crippen LogP contribution in [0.15, 0.2) is 24.3 Å². The Morgan fingerprint density at radius 1 is 0.761 bits per heavy atom. The molecular weight excluding hydrogens is 592 g/mol. The molecule has 1 aliphatic rings. The van der Waals surface area contributed by atoms with Gasteiger partial charge in [-0.25, -0.2) is 10.1 Å². The summed E-state index contributed by atoms with van der Waals surface area (Å²) in [6.45, 7) is 5.11. The molecule has 1 atom stereocenters. The van der Waals surface area contributed by atoms with E-state index in [4.69, 9.17) is 0 Å². The quantitative estimate of drug-likeness (QED) is 0.0340. The molecule has 4 N–H and O–H groups in total. The van der Waals surface area contributed by atoms with Gasteiger partial charge in [0.2, 0.25) is 11.8 Å². The van der Waals surface area contributed by atoms with Crippen molar-refractivity contribution in [1.82, 2.24) is 20.3 Å². The van der Waals surface area contributed by atoms with Crippen molar-refractivity contribution in [3.8, 4) is 0 Å². The number of aliphatic hydroxyl groups is 1. The molecule has 12 heteroatoms. The van der Waals surface area contributed by atoms with Crippen LogP contribution in [0.1, 0.15) is 129 Å². The van der Waals surface area contributed by atoms with Gasteiger partial charge in [0.05, 0.1) is 12.8 Å². The number of imide groups is 1. The van der Waals surface area contributed by atoms with Crippen LogP contribution < -0.4 is 5.32 Å². The van der Waals surface area contributed by atoms with Gasteiger partial charge in [-0.2, -0.15) is 0 Å². The molecule has 0 spiro atoms. The topological polar surface area (TPSA) is 168 Å². The van der Waals surface area contributed by atoms with Gasteiger partial charge in [0.1, 0.15) is 0 Å². The molecule has 1 heterocycles. The van der Waals surface area contributed by atoms with Crippen LogP contribution in [0.5, 0.6) is 0 Å². The number of hydroxylamine groups is 4. The van der Waals surface area contributed by atoms with Gasteiger partial charge >= 0.3 is 0 Å². The summed E-state index contributed by atoms with van der Waals surface area (Å²) in [6.07, 6.45) is 18.7. The van der Waals surface area contributed by atoms with Crippen LogP contribution in [-0.4, -0.2) is 91.9 Å². The molecule has 1 unspecified atom stereocenters. The molecule has 12 nitrogen and oxygen atoms in total. The van der Waals surface area contributed by atoms with Crippen molar-refractivity contribution in [2.24, 2.45) is 0 Å². The minimum atomic E-state index is -2.05. The van der Waals surface area contributed by atoms with Gasteiger partial charge in [-0.15, -0.1) is 0 Å². The highest BCUT2D eigenvalue weighted by Gasteiger charge is 2.51. The Morgan fingerprint density at radius 3 is 1.78 bits per heavy atom. The van der Waals surface area contributed by atoms with E-state index in [9.17, 15) is 39.5 Å². The second-order valence-electron chi connectivity index (χ2n) is 12.1. The molecule has 5 amide bonds. The van der Waals surface area contributed by atoms with E-state index in [0.29, 0.717) is 55.2 Å². The number of nitrogens with one attached hydrogen (secondary N) is 1. The number of carbonyl (C=O) groups is 5. The molecule has 0 saturated carbocycles. The summed E-state index contributed by atoms with van der Waals surface area (Å²) in [4.78, 5) is 62.4. The highest BCUT2D eigenvalue weighted by Crippen LogP contribution is 2.28. The van der Waals surface area contributed by atoms with Gasteiger partial charge in [-0.1, -0.05) is 77.4 Å². The fourth-order valence-electron chi connectivity index (χ4n) is 5.12. The number of amides is 5.